The molecule has 2 N–H and O–H groups in total. The van der Waals surface area contributed by atoms with Crippen LogP contribution >= 0.6 is 0 Å². The first-order valence-corrected chi connectivity index (χ1v) is 7.36. The molecule has 0 amide bonds. The van der Waals surface area contributed by atoms with Crippen LogP contribution in [0.2, 0.25) is 0 Å². The lowest BCUT2D eigenvalue weighted by molar-refractivity contribution is 0.304. The summed E-state index contributed by atoms with van der Waals surface area (Å²) < 4.78 is 5.30. The second kappa shape index (κ2) is 6.80. The molecule has 0 radical (unpaired) electrons. The maximum absolute atomic E-state index is 6.07. The monoisotopic (exact) mass is 290 g/mol. The number of rotatable bonds is 6. The van der Waals surface area contributed by atoms with Gasteiger partial charge in [0.1, 0.15) is 5.75 Å². The van der Waals surface area contributed by atoms with Gasteiger partial charge in [-0.2, -0.15) is 0 Å². The third-order valence-electron chi connectivity index (χ3n) is 3.98. The summed E-state index contributed by atoms with van der Waals surface area (Å²) in [6.07, 6.45) is 2.44. The molecule has 1 unspecified atom stereocenters. The van der Waals surface area contributed by atoms with E-state index < -0.39 is 0 Å². The van der Waals surface area contributed by atoms with E-state index in [-0.39, 0.29) is 6.04 Å². The molecule has 1 saturated carbocycles. The number of hydrogen-bond donors (Lipinski definition) is 1. The Morgan fingerprint density at radius 2 is 2.10 bits per heavy atom. The van der Waals surface area contributed by atoms with Crippen LogP contribution in [0.1, 0.15) is 24.4 Å². The van der Waals surface area contributed by atoms with E-state index in [2.05, 4.69) is 41.0 Å². The number of methoxy groups -OCH3 is 1. The molecule has 5 nitrogen and oxygen atoms in total. The molecule has 0 bridgehead atoms. The van der Waals surface area contributed by atoms with Crippen molar-refractivity contribution in [3.05, 3.63) is 29.8 Å². The summed E-state index contributed by atoms with van der Waals surface area (Å²) in [6.45, 7) is 0.642. The average molecular weight is 290 g/mol. The van der Waals surface area contributed by atoms with Gasteiger partial charge in [0.05, 0.1) is 19.7 Å². The summed E-state index contributed by atoms with van der Waals surface area (Å²) in [5.41, 5.74) is 7.26. The van der Waals surface area contributed by atoms with Gasteiger partial charge in [-0.25, -0.2) is 0 Å². The van der Waals surface area contributed by atoms with E-state index in [0.717, 1.165) is 5.75 Å². The molecular formula is C16H26N4O. The molecule has 0 spiro atoms. The van der Waals surface area contributed by atoms with Crippen LogP contribution in [0.15, 0.2) is 29.3 Å². The lowest BCUT2D eigenvalue weighted by Gasteiger charge is -2.24. The molecule has 0 aromatic heterocycles. The van der Waals surface area contributed by atoms with Crippen LogP contribution in [-0.4, -0.2) is 56.6 Å². The second-order valence-corrected chi connectivity index (χ2v) is 5.80. The van der Waals surface area contributed by atoms with Gasteiger partial charge in [-0.3, -0.25) is 4.99 Å². The Kier molecular flexibility index (Phi) is 5.07. The second-order valence-electron chi connectivity index (χ2n) is 5.80. The Bertz CT molecular complexity index is 497. The van der Waals surface area contributed by atoms with Crippen LogP contribution in [0.3, 0.4) is 0 Å². The van der Waals surface area contributed by atoms with Gasteiger partial charge in [-0.15, -0.1) is 0 Å². The van der Waals surface area contributed by atoms with Crippen molar-refractivity contribution in [2.45, 2.75) is 24.9 Å². The van der Waals surface area contributed by atoms with Crippen molar-refractivity contribution in [3.63, 3.8) is 0 Å². The molecular weight excluding hydrogens is 264 g/mol. The number of hydrogen-bond acceptors (Lipinski definition) is 3. The van der Waals surface area contributed by atoms with Crippen molar-refractivity contribution < 1.29 is 4.74 Å². The van der Waals surface area contributed by atoms with Crippen LogP contribution in [0.5, 0.6) is 5.75 Å². The smallest absolute Gasteiger partial charge is 0.191 e. The van der Waals surface area contributed by atoms with Crippen LogP contribution in [-0.2, 0) is 0 Å². The zero-order chi connectivity index (χ0) is 15.4. The number of nitrogens with two attached hydrogens (primary N) is 1. The summed E-state index contributed by atoms with van der Waals surface area (Å²) in [5, 5.41) is 0. The lowest BCUT2D eigenvalue weighted by atomic mass is 10.1. The molecule has 1 aliphatic rings. The minimum atomic E-state index is 0.186. The standard InChI is InChI=1S/C16H26N4O/c1-19(2)15(12-6-5-7-14(10-12)21-4)11-18-16(17)20(3)13-8-9-13/h5-7,10,13,15H,8-9,11H2,1-4H3,(H2,17,18). The van der Waals surface area contributed by atoms with Gasteiger partial charge in [-0.1, -0.05) is 12.1 Å². The molecule has 0 heterocycles. The molecule has 1 fully saturated rings. The average Bonchev–Trinajstić information content (AvgIpc) is 3.31. The lowest BCUT2D eigenvalue weighted by Crippen LogP contribution is -2.36. The highest BCUT2D eigenvalue weighted by Crippen LogP contribution is 2.26. The molecule has 0 saturated heterocycles. The first kappa shape index (κ1) is 15.6. The van der Waals surface area contributed by atoms with Crippen molar-refractivity contribution >= 4 is 5.96 Å². The number of ether oxygens (including phenoxy) is 1. The number of benzene rings is 1. The molecule has 1 aromatic rings. The maximum Gasteiger partial charge on any atom is 0.191 e. The molecule has 5 heteroatoms. The molecule has 0 aliphatic heterocycles. The molecule has 21 heavy (non-hydrogen) atoms. The SMILES string of the molecule is COc1cccc(C(CN=C(N)N(C)C2CC2)N(C)C)c1. The predicted octanol–water partition coefficient (Wildman–Crippen LogP) is 1.71. The third-order valence-corrected chi connectivity index (χ3v) is 3.98. The van der Waals surface area contributed by atoms with Gasteiger partial charge in [0, 0.05) is 13.1 Å². The highest BCUT2D eigenvalue weighted by molar-refractivity contribution is 5.78. The van der Waals surface area contributed by atoms with E-state index >= 15 is 0 Å². The highest BCUT2D eigenvalue weighted by atomic mass is 16.5. The Morgan fingerprint density at radius 1 is 1.38 bits per heavy atom. The van der Waals surface area contributed by atoms with Gasteiger partial charge in [-0.05, 0) is 44.6 Å². The van der Waals surface area contributed by atoms with Crippen LogP contribution in [0, 0.1) is 0 Å². The van der Waals surface area contributed by atoms with Crippen LogP contribution < -0.4 is 10.5 Å². The Balaban J connectivity index is 2.09. The zero-order valence-electron chi connectivity index (χ0n) is 13.4. The molecule has 116 valence electrons. The fourth-order valence-electron chi connectivity index (χ4n) is 2.36. The van der Waals surface area contributed by atoms with Gasteiger partial charge < -0.3 is 20.3 Å². The molecule has 1 aliphatic carbocycles. The van der Waals surface area contributed by atoms with Crippen LogP contribution in [0.25, 0.3) is 0 Å². The van der Waals surface area contributed by atoms with E-state index in [4.69, 9.17) is 10.5 Å². The van der Waals surface area contributed by atoms with Crippen molar-refractivity contribution in [1.82, 2.24) is 9.80 Å². The fraction of sp³-hybridized carbons (Fsp3) is 0.562. The summed E-state index contributed by atoms with van der Waals surface area (Å²) >= 11 is 0. The number of aliphatic imine (C=N–C) groups is 1. The molecule has 2 rings (SSSR count). The van der Waals surface area contributed by atoms with E-state index in [9.17, 15) is 0 Å². The summed E-state index contributed by atoms with van der Waals surface area (Å²) in [4.78, 5) is 8.81. The first-order valence-electron chi connectivity index (χ1n) is 7.36. The Hall–Kier alpha value is -1.75. The van der Waals surface area contributed by atoms with Crippen molar-refractivity contribution in [3.8, 4) is 5.75 Å². The minimum Gasteiger partial charge on any atom is -0.497 e. The van der Waals surface area contributed by atoms with E-state index in [1.165, 1.54) is 18.4 Å². The van der Waals surface area contributed by atoms with Gasteiger partial charge in [0.15, 0.2) is 5.96 Å². The number of nitrogens with zero attached hydrogens (tertiary/aromatic N) is 3. The third kappa shape index (κ3) is 4.11. The van der Waals surface area contributed by atoms with Gasteiger partial charge in [0.2, 0.25) is 0 Å². The van der Waals surface area contributed by atoms with Crippen molar-refractivity contribution in [2.75, 3.05) is 34.8 Å². The summed E-state index contributed by atoms with van der Waals surface area (Å²) in [7, 11) is 7.82. The minimum absolute atomic E-state index is 0.186. The molecule has 1 atom stereocenters. The van der Waals surface area contributed by atoms with Crippen molar-refractivity contribution in [1.29, 1.82) is 0 Å². The maximum atomic E-state index is 6.07. The molecule has 1 aromatic carbocycles. The fourth-order valence-corrected chi connectivity index (χ4v) is 2.36. The zero-order valence-corrected chi connectivity index (χ0v) is 13.4. The Labute approximate surface area is 127 Å². The predicted molar refractivity (Wildman–Crippen MR) is 86.7 cm³/mol. The van der Waals surface area contributed by atoms with E-state index in [1.807, 2.05) is 19.2 Å². The number of guanidine groups is 1. The quantitative estimate of drug-likeness (QED) is 0.640. The first-order chi connectivity index (χ1) is 10.0. The van der Waals surface area contributed by atoms with E-state index in [1.54, 1.807) is 7.11 Å². The van der Waals surface area contributed by atoms with Gasteiger partial charge in [0.25, 0.3) is 0 Å². The normalized spacial score (nSPS) is 16.9. The highest BCUT2D eigenvalue weighted by Gasteiger charge is 2.27. The van der Waals surface area contributed by atoms with E-state index in [0.29, 0.717) is 18.5 Å². The van der Waals surface area contributed by atoms with Gasteiger partial charge >= 0.3 is 0 Å². The Morgan fingerprint density at radius 3 is 2.67 bits per heavy atom. The van der Waals surface area contributed by atoms with Crippen LogP contribution in [0.4, 0.5) is 0 Å². The largest absolute Gasteiger partial charge is 0.497 e. The van der Waals surface area contributed by atoms with Crippen molar-refractivity contribution in [2.24, 2.45) is 10.7 Å². The summed E-state index contributed by atoms with van der Waals surface area (Å²) in [6, 6.07) is 8.89. The summed E-state index contributed by atoms with van der Waals surface area (Å²) in [5.74, 6) is 1.50. The number of likely N-dealkylation sites (N-methyl/N-ethyl adjacent to an activating group) is 1. The topological polar surface area (TPSA) is 54.1 Å².